The van der Waals surface area contributed by atoms with Gasteiger partial charge in [-0.25, -0.2) is 4.98 Å². The summed E-state index contributed by atoms with van der Waals surface area (Å²) in [6, 6.07) is 1.13. The second-order valence-corrected chi connectivity index (χ2v) is 4.87. The number of rotatable bonds is 6. The van der Waals surface area contributed by atoms with Gasteiger partial charge in [-0.3, -0.25) is 19.7 Å². The summed E-state index contributed by atoms with van der Waals surface area (Å²) in [6.07, 6.45) is 0.928. The highest BCUT2D eigenvalue weighted by atomic mass is 35.5. The van der Waals surface area contributed by atoms with Crippen LogP contribution in [-0.4, -0.2) is 34.8 Å². The van der Waals surface area contributed by atoms with Crippen LogP contribution in [-0.2, 0) is 4.79 Å². The maximum absolute atomic E-state index is 11.9. The topological polar surface area (TPSA) is 114 Å². The molecule has 8 nitrogen and oxygen atoms in total. The molecule has 0 fully saturated rings. The first-order valence-corrected chi connectivity index (χ1v) is 6.56. The highest BCUT2D eigenvalue weighted by Gasteiger charge is 2.21. The number of amides is 2. The predicted molar refractivity (Wildman–Crippen MR) is 76.1 cm³/mol. The Morgan fingerprint density at radius 2 is 2.00 bits per heavy atom. The van der Waals surface area contributed by atoms with Crippen molar-refractivity contribution in [3.05, 3.63) is 33.1 Å². The zero-order valence-corrected chi connectivity index (χ0v) is 12.3. The minimum Gasteiger partial charge on any atom is -0.354 e. The Morgan fingerprint density at radius 1 is 1.38 bits per heavy atom. The quantitative estimate of drug-likeness (QED) is 0.354. The molecule has 0 aliphatic rings. The molecular weight excluding hydrogens is 300 g/mol. The summed E-state index contributed by atoms with van der Waals surface area (Å²) in [5, 5.41) is 15.9. The fourth-order valence-electron chi connectivity index (χ4n) is 1.41. The third-order valence-corrected chi connectivity index (χ3v) is 2.73. The van der Waals surface area contributed by atoms with Crippen molar-refractivity contribution < 1.29 is 14.5 Å². The normalized spacial score (nSPS) is 10.3. The summed E-state index contributed by atoms with van der Waals surface area (Å²) >= 11 is 5.63. The van der Waals surface area contributed by atoms with E-state index >= 15 is 0 Å². The van der Waals surface area contributed by atoms with Gasteiger partial charge in [0.15, 0.2) is 0 Å². The molecule has 1 rings (SSSR count). The van der Waals surface area contributed by atoms with Gasteiger partial charge in [-0.05, 0) is 6.07 Å². The summed E-state index contributed by atoms with van der Waals surface area (Å²) in [5.41, 5.74) is -0.599. The van der Waals surface area contributed by atoms with E-state index in [0.717, 1.165) is 12.3 Å². The summed E-state index contributed by atoms with van der Waals surface area (Å²) in [5.74, 6) is -0.937. The summed E-state index contributed by atoms with van der Waals surface area (Å²) < 4.78 is 0. The van der Waals surface area contributed by atoms with Crippen LogP contribution in [0.1, 0.15) is 24.2 Å². The van der Waals surface area contributed by atoms with Gasteiger partial charge in [0, 0.05) is 19.0 Å². The standard InChI is InChI=1S/C12H15ClN4O4/c1-7(2)11(18)14-3-4-15-12(19)8-5-10(13)16-6-9(8)17(20)21/h5-7H,3-4H2,1-2H3,(H,14,18)(H,15,19). The number of nitro groups is 1. The molecule has 0 spiro atoms. The summed E-state index contributed by atoms with van der Waals surface area (Å²) in [4.78, 5) is 36.9. The lowest BCUT2D eigenvalue weighted by Gasteiger charge is -2.09. The SMILES string of the molecule is CC(C)C(=O)NCCNC(=O)c1cc(Cl)ncc1[N+](=O)[O-]. The number of carbonyl (C=O) groups excluding carboxylic acids is 2. The Hall–Kier alpha value is -2.22. The van der Waals surface area contributed by atoms with Gasteiger partial charge in [0.05, 0.1) is 4.92 Å². The predicted octanol–water partition coefficient (Wildman–Crippen LogP) is 1.15. The Balaban J connectivity index is 2.62. The van der Waals surface area contributed by atoms with Crippen LogP contribution in [0.2, 0.25) is 5.15 Å². The molecule has 0 aromatic carbocycles. The average Bonchev–Trinajstić information content (AvgIpc) is 2.42. The molecule has 0 atom stereocenters. The molecule has 9 heteroatoms. The molecule has 1 aromatic heterocycles. The first-order chi connectivity index (χ1) is 9.82. The summed E-state index contributed by atoms with van der Waals surface area (Å²) in [7, 11) is 0. The number of pyridine rings is 1. The smallest absolute Gasteiger partial charge is 0.300 e. The first-order valence-electron chi connectivity index (χ1n) is 6.18. The third kappa shape index (κ3) is 4.99. The second kappa shape index (κ2) is 7.53. The molecule has 0 saturated heterocycles. The lowest BCUT2D eigenvalue weighted by atomic mass is 10.2. The molecule has 2 N–H and O–H groups in total. The number of hydrogen-bond donors (Lipinski definition) is 2. The molecule has 1 heterocycles. The van der Waals surface area contributed by atoms with E-state index in [0.29, 0.717) is 0 Å². The monoisotopic (exact) mass is 314 g/mol. The Labute approximate surface area is 126 Å². The van der Waals surface area contributed by atoms with Crippen molar-refractivity contribution in [3.8, 4) is 0 Å². The van der Waals surface area contributed by atoms with Crippen LogP contribution in [0, 0.1) is 16.0 Å². The molecule has 0 bridgehead atoms. The molecule has 2 amide bonds. The van der Waals surface area contributed by atoms with Crippen molar-refractivity contribution >= 4 is 29.1 Å². The number of hydrogen-bond acceptors (Lipinski definition) is 5. The Bertz CT molecular complexity index is 562. The van der Waals surface area contributed by atoms with E-state index < -0.39 is 16.5 Å². The van der Waals surface area contributed by atoms with Gasteiger partial charge in [-0.15, -0.1) is 0 Å². The molecule has 0 aliphatic carbocycles. The molecular formula is C12H15ClN4O4. The largest absolute Gasteiger partial charge is 0.354 e. The van der Waals surface area contributed by atoms with Gasteiger partial charge in [0.1, 0.15) is 16.9 Å². The lowest BCUT2D eigenvalue weighted by molar-refractivity contribution is -0.385. The van der Waals surface area contributed by atoms with Crippen LogP contribution < -0.4 is 10.6 Å². The molecule has 0 saturated carbocycles. The molecule has 0 radical (unpaired) electrons. The van der Waals surface area contributed by atoms with Crippen LogP contribution in [0.4, 0.5) is 5.69 Å². The Kier molecular flexibility index (Phi) is 6.04. The van der Waals surface area contributed by atoms with Gasteiger partial charge in [-0.2, -0.15) is 0 Å². The van der Waals surface area contributed by atoms with Crippen LogP contribution in [0.15, 0.2) is 12.3 Å². The van der Waals surface area contributed by atoms with E-state index in [2.05, 4.69) is 15.6 Å². The van der Waals surface area contributed by atoms with E-state index in [1.807, 2.05) is 0 Å². The highest BCUT2D eigenvalue weighted by Crippen LogP contribution is 2.19. The van der Waals surface area contributed by atoms with Crippen LogP contribution in [0.3, 0.4) is 0 Å². The van der Waals surface area contributed by atoms with E-state index in [-0.39, 0.29) is 35.6 Å². The third-order valence-electron chi connectivity index (χ3n) is 2.53. The van der Waals surface area contributed by atoms with Crippen molar-refractivity contribution in [2.24, 2.45) is 5.92 Å². The van der Waals surface area contributed by atoms with Gasteiger partial charge in [0.25, 0.3) is 11.6 Å². The number of nitrogens with zero attached hydrogens (tertiary/aromatic N) is 2. The number of carbonyl (C=O) groups is 2. The van der Waals surface area contributed by atoms with Crippen molar-refractivity contribution in [1.82, 2.24) is 15.6 Å². The van der Waals surface area contributed by atoms with E-state index in [9.17, 15) is 19.7 Å². The molecule has 0 aliphatic heterocycles. The zero-order valence-electron chi connectivity index (χ0n) is 11.6. The zero-order chi connectivity index (χ0) is 16.0. The van der Waals surface area contributed by atoms with Crippen LogP contribution in [0.5, 0.6) is 0 Å². The fraction of sp³-hybridized carbons (Fsp3) is 0.417. The van der Waals surface area contributed by atoms with E-state index in [1.165, 1.54) is 0 Å². The van der Waals surface area contributed by atoms with Crippen molar-refractivity contribution in [3.63, 3.8) is 0 Å². The number of nitrogens with one attached hydrogen (secondary N) is 2. The molecule has 1 aromatic rings. The van der Waals surface area contributed by atoms with E-state index in [1.54, 1.807) is 13.8 Å². The molecule has 114 valence electrons. The Morgan fingerprint density at radius 3 is 2.57 bits per heavy atom. The van der Waals surface area contributed by atoms with Crippen molar-refractivity contribution in [2.45, 2.75) is 13.8 Å². The number of aromatic nitrogens is 1. The van der Waals surface area contributed by atoms with Crippen molar-refractivity contribution in [1.29, 1.82) is 0 Å². The first kappa shape index (κ1) is 16.8. The van der Waals surface area contributed by atoms with Crippen molar-refractivity contribution in [2.75, 3.05) is 13.1 Å². The maximum Gasteiger partial charge on any atom is 0.300 e. The maximum atomic E-state index is 11.9. The average molecular weight is 315 g/mol. The van der Waals surface area contributed by atoms with E-state index in [4.69, 9.17) is 11.6 Å². The lowest BCUT2D eigenvalue weighted by Crippen LogP contribution is -2.36. The van der Waals surface area contributed by atoms with Gasteiger partial charge < -0.3 is 10.6 Å². The highest BCUT2D eigenvalue weighted by molar-refractivity contribution is 6.29. The van der Waals surface area contributed by atoms with Gasteiger partial charge in [-0.1, -0.05) is 25.4 Å². The molecule has 21 heavy (non-hydrogen) atoms. The minimum atomic E-state index is -0.710. The van der Waals surface area contributed by atoms with Crippen LogP contribution in [0.25, 0.3) is 0 Å². The second-order valence-electron chi connectivity index (χ2n) is 4.48. The fourth-order valence-corrected chi connectivity index (χ4v) is 1.57. The van der Waals surface area contributed by atoms with Gasteiger partial charge >= 0.3 is 0 Å². The van der Waals surface area contributed by atoms with Crippen LogP contribution >= 0.6 is 11.6 Å². The van der Waals surface area contributed by atoms with Gasteiger partial charge in [0.2, 0.25) is 5.91 Å². The minimum absolute atomic E-state index is 0.0149. The molecule has 0 unspecified atom stereocenters. The summed E-state index contributed by atoms with van der Waals surface area (Å²) in [6.45, 7) is 3.87. The number of halogens is 1.